The molecule has 3 heterocycles. The molecule has 24 heavy (non-hydrogen) atoms. The Morgan fingerprint density at radius 3 is 2.62 bits per heavy atom. The molecule has 0 aliphatic carbocycles. The van der Waals surface area contributed by atoms with E-state index in [-0.39, 0.29) is 5.41 Å². The molecule has 0 unspecified atom stereocenters. The van der Waals surface area contributed by atoms with E-state index in [0.29, 0.717) is 0 Å². The fourth-order valence-corrected chi connectivity index (χ4v) is 4.30. The molecule has 1 aromatic carbocycles. The van der Waals surface area contributed by atoms with E-state index in [1.807, 2.05) is 6.20 Å². The summed E-state index contributed by atoms with van der Waals surface area (Å²) < 4.78 is 0. The number of benzene rings is 1. The first-order chi connectivity index (χ1) is 11.8. The summed E-state index contributed by atoms with van der Waals surface area (Å²) in [6, 6.07) is 13.4. The summed E-state index contributed by atoms with van der Waals surface area (Å²) in [5, 5.41) is 3.53. The van der Waals surface area contributed by atoms with E-state index in [1.54, 1.807) is 0 Å². The van der Waals surface area contributed by atoms with Gasteiger partial charge in [-0.25, -0.2) is 0 Å². The Morgan fingerprint density at radius 1 is 1.08 bits per heavy atom. The lowest BCUT2D eigenvalue weighted by Crippen LogP contribution is -2.49. The Morgan fingerprint density at radius 2 is 1.88 bits per heavy atom. The second kappa shape index (κ2) is 6.66. The van der Waals surface area contributed by atoms with E-state index in [2.05, 4.69) is 53.5 Å². The zero-order valence-electron chi connectivity index (χ0n) is 14.6. The zero-order chi connectivity index (χ0) is 16.4. The van der Waals surface area contributed by atoms with Crippen LogP contribution in [0.2, 0.25) is 0 Å². The number of hydrogen-bond donors (Lipinski definition) is 1. The first kappa shape index (κ1) is 15.8. The van der Waals surface area contributed by atoms with Gasteiger partial charge in [-0.05, 0) is 62.0 Å². The third-order valence-corrected chi connectivity index (χ3v) is 5.75. The average Bonchev–Trinajstić information content (AvgIpc) is 2.63. The minimum absolute atomic E-state index is 0.200. The van der Waals surface area contributed by atoms with Crippen molar-refractivity contribution in [2.24, 2.45) is 0 Å². The monoisotopic (exact) mass is 321 g/mol. The number of aromatic nitrogens is 1. The predicted molar refractivity (Wildman–Crippen MR) is 98.2 cm³/mol. The van der Waals surface area contributed by atoms with Crippen molar-refractivity contribution in [2.45, 2.75) is 38.1 Å². The molecule has 0 spiro atoms. The predicted octanol–water partition coefficient (Wildman–Crippen LogP) is 3.07. The molecular formula is C21H27N3. The molecule has 0 radical (unpaired) electrons. The van der Waals surface area contributed by atoms with Gasteiger partial charge in [0.25, 0.3) is 0 Å². The van der Waals surface area contributed by atoms with Crippen LogP contribution < -0.4 is 5.32 Å². The first-order valence-corrected chi connectivity index (χ1v) is 9.18. The second-order valence-electron chi connectivity index (χ2n) is 7.48. The SMILES string of the molecule is Cc1ccc(C2(CN3CCc4ccccc4C3)CCNCC2)nc1. The van der Waals surface area contributed by atoms with E-state index >= 15 is 0 Å². The van der Waals surface area contributed by atoms with Crippen molar-refractivity contribution in [3.05, 3.63) is 65.0 Å². The second-order valence-corrected chi connectivity index (χ2v) is 7.48. The largest absolute Gasteiger partial charge is 0.317 e. The van der Waals surface area contributed by atoms with Crippen molar-refractivity contribution in [1.29, 1.82) is 0 Å². The van der Waals surface area contributed by atoms with Crippen molar-refractivity contribution in [3.63, 3.8) is 0 Å². The number of nitrogens with zero attached hydrogens (tertiary/aromatic N) is 2. The van der Waals surface area contributed by atoms with Gasteiger partial charge in [-0.2, -0.15) is 0 Å². The molecule has 0 saturated carbocycles. The lowest BCUT2D eigenvalue weighted by atomic mass is 9.75. The highest BCUT2D eigenvalue weighted by molar-refractivity contribution is 5.30. The Bertz CT molecular complexity index is 686. The molecule has 0 amide bonds. The van der Waals surface area contributed by atoms with Crippen LogP contribution in [0.1, 0.15) is 35.2 Å². The van der Waals surface area contributed by atoms with Gasteiger partial charge in [0.2, 0.25) is 0 Å². The molecule has 3 heteroatoms. The van der Waals surface area contributed by atoms with Crippen LogP contribution in [-0.2, 0) is 18.4 Å². The van der Waals surface area contributed by atoms with E-state index < -0.39 is 0 Å². The number of piperidine rings is 1. The average molecular weight is 321 g/mol. The zero-order valence-corrected chi connectivity index (χ0v) is 14.6. The molecule has 0 bridgehead atoms. The van der Waals surface area contributed by atoms with E-state index in [1.165, 1.54) is 41.6 Å². The van der Waals surface area contributed by atoms with Crippen LogP contribution >= 0.6 is 0 Å². The normalized spacial score (nSPS) is 20.5. The maximum Gasteiger partial charge on any atom is 0.0479 e. The maximum atomic E-state index is 4.83. The van der Waals surface area contributed by atoms with E-state index in [0.717, 1.165) is 32.7 Å². The molecule has 1 saturated heterocycles. The van der Waals surface area contributed by atoms with Gasteiger partial charge in [0.15, 0.2) is 0 Å². The highest BCUT2D eigenvalue weighted by Gasteiger charge is 2.37. The lowest BCUT2D eigenvalue weighted by Gasteiger charge is -2.42. The van der Waals surface area contributed by atoms with E-state index in [4.69, 9.17) is 4.98 Å². The van der Waals surface area contributed by atoms with Gasteiger partial charge in [0, 0.05) is 36.9 Å². The van der Waals surface area contributed by atoms with E-state index in [9.17, 15) is 0 Å². The lowest BCUT2D eigenvalue weighted by molar-refractivity contribution is 0.159. The summed E-state index contributed by atoms with van der Waals surface area (Å²) in [5.74, 6) is 0. The molecule has 4 rings (SSSR count). The third kappa shape index (κ3) is 3.11. The minimum atomic E-state index is 0.200. The van der Waals surface area contributed by atoms with Gasteiger partial charge >= 0.3 is 0 Å². The number of fused-ring (bicyclic) bond motifs is 1. The molecule has 1 aromatic heterocycles. The van der Waals surface area contributed by atoms with Crippen LogP contribution in [-0.4, -0.2) is 36.1 Å². The molecule has 2 aliphatic heterocycles. The van der Waals surface area contributed by atoms with Crippen molar-refractivity contribution in [3.8, 4) is 0 Å². The van der Waals surface area contributed by atoms with Gasteiger partial charge in [0.1, 0.15) is 0 Å². The Hall–Kier alpha value is -1.71. The smallest absolute Gasteiger partial charge is 0.0479 e. The van der Waals surface area contributed by atoms with Crippen molar-refractivity contribution in [2.75, 3.05) is 26.2 Å². The topological polar surface area (TPSA) is 28.2 Å². The Kier molecular flexibility index (Phi) is 4.38. The quantitative estimate of drug-likeness (QED) is 0.942. The maximum absolute atomic E-state index is 4.83. The summed E-state index contributed by atoms with van der Waals surface area (Å²) in [6.45, 7) is 7.68. The number of pyridine rings is 1. The number of nitrogens with one attached hydrogen (secondary N) is 1. The molecule has 2 aliphatic rings. The number of rotatable bonds is 3. The summed E-state index contributed by atoms with van der Waals surface area (Å²) in [7, 11) is 0. The molecule has 3 nitrogen and oxygen atoms in total. The van der Waals surface area contributed by atoms with Gasteiger partial charge in [-0.15, -0.1) is 0 Å². The number of aryl methyl sites for hydroxylation is 1. The minimum Gasteiger partial charge on any atom is -0.317 e. The fraction of sp³-hybridized carbons (Fsp3) is 0.476. The molecule has 1 fully saturated rings. The van der Waals surface area contributed by atoms with Gasteiger partial charge in [0.05, 0.1) is 0 Å². The first-order valence-electron chi connectivity index (χ1n) is 9.18. The van der Waals surface area contributed by atoms with Crippen LogP contribution in [0, 0.1) is 6.92 Å². The highest BCUT2D eigenvalue weighted by atomic mass is 15.1. The van der Waals surface area contributed by atoms with Gasteiger partial charge in [-0.3, -0.25) is 9.88 Å². The molecular weight excluding hydrogens is 294 g/mol. The van der Waals surface area contributed by atoms with Crippen LogP contribution in [0.15, 0.2) is 42.6 Å². The van der Waals surface area contributed by atoms with Gasteiger partial charge in [-0.1, -0.05) is 30.3 Å². The summed E-state index contributed by atoms with van der Waals surface area (Å²) >= 11 is 0. The standard InChI is InChI=1S/C21H27N3/c1-17-6-7-20(23-14-17)21(9-11-22-12-10-21)16-24-13-8-18-4-2-3-5-19(18)15-24/h2-7,14,22H,8-13,15-16H2,1H3. The molecule has 0 atom stereocenters. The Labute approximate surface area is 145 Å². The molecule has 126 valence electrons. The molecule has 2 aromatic rings. The van der Waals surface area contributed by atoms with Crippen LogP contribution in [0.3, 0.4) is 0 Å². The van der Waals surface area contributed by atoms with Crippen molar-refractivity contribution in [1.82, 2.24) is 15.2 Å². The van der Waals surface area contributed by atoms with Crippen LogP contribution in [0.25, 0.3) is 0 Å². The van der Waals surface area contributed by atoms with Gasteiger partial charge < -0.3 is 5.32 Å². The number of hydrogen-bond acceptors (Lipinski definition) is 3. The summed E-state index contributed by atoms with van der Waals surface area (Å²) in [5.41, 5.74) is 5.76. The third-order valence-electron chi connectivity index (χ3n) is 5.75. The van der Waals surface area contributed by atoms with Crippen molar-refractivity contribution >= 4 is 0 Å². The highest BCUT2D eigenvalue weighted by Crippen LogP contribution is 2.34. The van der Waals surface area contributed by atoms with Crippen molar-refractivity contribution < 1.29 is 0 Å². The van der Waals surface area contributed by atoms with Crippen LogP contribution in [0.5, 0.6) is 0 Å². The van der Waals surface area contributed by atoms with Crippen LogP contribution in [0.4, 0.5) is 0 Å². The summed E-state index contributed by atoms with van der Waals surface area (Å²) in [4.78, 5) is 7.48. The fourth-order valence-electron chi connectivity index (χ4n) is 4.30. The summed E-state index contributed by atoms with van der Waals surface area (Å²) in [6.07, 6.45) is 5.57. The Balaban J connectivity index is 1.58. The molecule has 1 N–H and O–H groups in total.